The predicted molar refractivity (Wildman–Crippen MR) is 96.2 cm³/mol. The van der Waals surface area contributed by atoms with E-state index in [9.17, 15) is 4.79 Å². The average molecular weight is 361 g/mol. The zero-order chi connectivity index (χ0) is 17.8. The standard InChI is InChI=1S/C17H21ClN6O/c1-12-10-19-7-8-23(12)17(25)6-4-14-3-5-16(18)9-15(14)11-24-21-13(2)20-22-24/h3-6,9,12,19H,7-8,10-11H2,1-2H3/b6-4+/t12-/m1/s1. The summed E-state index contributed by atoms with van der Waals surface area (Å²) in [6.45, 7) is 6.65. The van der Waals surface area contributed by atoms with Crippen LogP contribution in [-0.2, 0) is 11.3 Å². The quantitative estimate of drug-likeness (QED) is 0.836. The van der Waals surface area contributed by atoms with Crippen LogP contribution in [0.2, 0.25) is 5.02 Å². The Hall–Kier alpha value is -2.25. The van der Waals surface area contributed by atoms with Crippen LogP contribution in [0.5, 0.6) is 0 Å². The van der Waals surface area contributed by atoms with E-state index < -0.39 is 0 Å². The van der Waals surface area contributed by atoms with Gasteiger partial charge in [0.15, 0.2) is 5.82 Å². The van der Waals surface area contributed by atoms with Gasteiger partial charge in [0.2, 0.25) is 5.91 Å². The van der Waals surface area contributed by atoms with Crippen molar-refractivity contribution >= 4 is 23.6 Å². The molecule has 0 aliphatic carbocycles. The highest BCUT2D eigenvalue weighted by molar-refractivity contribution is 6.30. The van der Waals surface area contributed by atoms with Gasteiger partial charge in [-0.2, -0.15) is 4.80 Å². The second-order valence-electron chi connectivity index (χ2n) is 6.13. The van der Waals surface area contributed by atoms with E-state index in [0.29, 0.717) is 17.4 Å². The molecule has 1 amide bonds. The zero-order valence-corrected chi connectivity index (χ0v) is 15.1. The maximum absolute atomic E-state index is 12.5. The minimum absolute atomic E-state index is 0.0182. The Balaban J connectivity index is 1.78. The number of carbonyl (C=O) groups excluding carboxylic acids is 1. The van der Waals surface area contributed by atoms with E-state index in [1.54, 1.807) is 13.0 Å². The lowest BCUT2D eigenvalue weighted by atomic mass is 10.1. The van der Waals surface area contributed by atoms with Gasteiger partial charge in [-0.05, 0) is 48.4 Å². The Morgan fingerprint density at radius 2 is 2.32 bits per heavy atom. The van der Waals surface area contributed by atoms with Crippen molar-refractivity contribution in [3.63, 3.8) is 0 Å². The summed E-state index contributed by atoms with van der Waals surface area (Å²) in [5.41, 5.74) is 1.85. The summed E-state index contributed by atoms with van der Waals surface area (Å²) in [5.74, 6) is 0.631. The van der Waals surface area contributed by atoms with Crippen molar-refractivity contribution in [3.8, 4) is 0 Å². The van der Waals surface area contributed by atoms with Crippen LogP contribution in [0, 0.1) is 6.92 Å². The molecule has 132 valence electrons. The molecule has 8 heteroatoms. The first-order valence-corrected chi connectivity index (χ1v) is 8.63. The number of nitrogens with zero attached hydrogens (tertiary/aromatic N) is 5. The Kier molecular flexibility index (Phi) is 5.45. The number of halogens is 1. The Labute approximate surface area is 151 Å². The van der Waals surface area contributed by atoms with Gasteiger partial charge in [-0.25, -0.2) is 0 Å². The molecule has 1 aromatic carbocycles. The fraction of sp³-hybridized carbons (Fsp3) is 0.412. The van der Waals surface area contributed by atoms with Crippen molar-refractivity contribution in [2.75, 3.05) is 19.6 Å². The number of rotatable bonds is 4. The van der Waals surface area contributed by atoms with Crippen LogP contribution in [0.4, 0.5) is 0 Å². The number of hydrogen-bond acceptors (Lipinski definition) is 5. The minimum Gasteiger partial charge on any atom is -0.334 e. The number of piperazine rings is 1. The van der Waals surface area contributed by atoms with Gasteiger partial charge >= 0.3 is 0 Å². The summed E-state index contributed by atoms with van der Waals surface area (Å²) in [7, 11) is 0. The molecule has 1 N–H and O–H groups in total. The summed E-state index contributed by atoms with van der Waals surface area (Å²) in [4.78, 5) is 15.9. The molecule has 2 heterocycles. The van der Waals surface area contributed by atoms with E-state index in [1.807, 2.05) is 36.1 Å². The van der Waals surface area contributed by atoms with E-state index in [1.165, 1.54) is 4.80 Å². The van der Waals surface area contributed by atoms with Crippen molar-refractivity contribution in [2.24, 2.45) is 0 Å². The topological polar surface area (TPSA) is 75.9 Å². The number of nitrogens with one attached hydrogen (secondary N) is 1. The number of tetrazole rings is 1. The third-order valence-corrected chi connectivity index (χ3v) is 4.39. The molecule has 0 spiro atoms. The third kappa shape index (κ3) is 4.43. The van der Waals surface area contributed by atoms with Crippen LogP contribution in [0.15, 0.2) is 24.3 Å². The molecule has 1 fully saturated rings. The highest BCUT2D eigenvalue weighted by Gasteiger charge is 2.20. The molecule has 0 unspecified atom stereocenters. The lowest BCUT2D eigenvalue weighted by Crippen LogP contribution is -2.51. The van der Waals surface area contributed by atoms with Crippen LogP contribution in [0.25, 0.3) is 6.08 Å². The molecule has 1 saturated heterocycles. The second kappa shape index (κ2) is 7.76. The lowest BCUT2D eigenvalue weighted by molar-refractivity contribution is -0.128. The molecular formula is C17H21ClN6O. The SMILES string of the molecule is Cc1nnn(Cc2cc(Cl)ccc2/C=C/C(=O)N2CCNC[C@H]2C)n1. The summed E-state index contributed by atoms with van der Waals surface area (Å²) in [5, 5.41) is 16.0. The van der Waals surface area contributed by atoms with Crippen molar-refractivity contribution < 1.29 is 4.79 Å². The van der Waals surface area contributed by atoms with E-state index >= 15 is 0 Å². The van der Waals surface area contributed by atoms with Gasteiger partial charge in [0.1, 0.15) is 0 Å². The largest absolute Gasteiger partial charge is 0.334 e. The molecule has 3 rings (SSSR count). The summed E-state index contributed by atoms with van der Waals surface area (Å²) >= 11 is 6.12. The normalized spacial score (nSPS) is 18.0. The van der Waals surface area contributed by atoms with Gasteiger partial charge in [0, 0.05) is 36.8 Å². The summed E-state index contributed by atoms with van der Waals surface area (Å²) < 4.78 is 0. The maximum atomic E-state index is 12.5. The third-order valence-electron chi connectivity index (χ3n) is 4.16. The van der Waals surface area contributed by atoms with E-state index in [4.69, 9.17) is 11.6 Å². The van der Waals surface area contributed by atoms with E-state index in [-0.39, 0.29) is 11.9 Å². The molecule has 1 aliphatic heterocycles. The second-order valence-corrected chi connectivity index (χ2v) is 6.56. The fourth-order valence-corrected chi connectivity index (χ4v) is 3.04. The molecule has 1 aliphatic rings. The molecule has 7 nitrogen and oxygen atoms in total. The smallest absolute Gasteiger partial charge is 0.246 e. The highest BCUT2D eigenvalue weighted by Crippen LogP contribution is 2.18. The zero-order valence-electron chi connectivity index (χ0n) is 14.3. The van der Waals surface area contributed by atoms with Crippen LogP contribution >= 0.6 is 11.6 Å². The van der Waals surface area contributed by atoms with Crippen LogP contribution in [0.3, 0.4) is 0 Å². The Morgan fingerprint density at radius 3 is 3.04 bits per heavy atom. The van der Waals surface area contributed by atoms with Crippen molar-refractivity contribution in [1.29, 1.82) is 0 Å². The first kappa shape index (κ1) is 17.6. The number of hydrogen-bond donors (Lipinski definition) is 1. The molecule has 25 heavy (non-hydrogen) atoms. The van der Waals surface area contributed by atoms with Gasteiger partial charge in [0.25, 0.3) is 0 Å². The van der Waals surface area contributed by atoms with Crippen molar-refractivity contribution in [3.05, 3.63) is 46.2 Å². The molecule has 1 atom stereocenters. The first-order valence-electron chi connectivity index (χ1n) is 8.25. The number of amides is 1. The van der Waals surface area contributed by atoms with Crippen LogP contribution in [0.1, 0.15) is 23.9 Å². The molecule has 0 radical (unpaired) electrons. The Bertz CT molecular complexity index is 787. The predicted octanol–water partition coefficient (Wildman–Crippen LogP) is 1.52. The first-order chi connectivity index (χ1) is 12.0. The summed E-state index contributed by atoms with van der Waals surface area (Å²) in [6.07, 6.45) is 3.45. The van der Waals surface area contributed by atoms with Crippen LogP contribution in [-0.4, -0.2) is 56.7 Å². The van der Waals surface area contributed by atoms with E-state index in [2.05, 4.69) is 20.7 Å². The van der Waals surface area contributed by atoms with Gasteiger partial charge in [-0.3, -0.25) is 4.79 Å². The van der Waals surface area contributed by atoms with Gasteiger partial charge in [-0.1, -0.05) is 17.7 Å². The molecule has 0 saturated carbocycles. The fourth-order valence-electron chi connectivity index (χ4n) is 2.84. The molecule has 2 aromatic rings. The number of aryl methyl sites for hydroxylation is 1. The lowest BCUT2D eigenvalue weighted by Gasteiger charge is -2.33. The van der Waals surface area contributed by atoms with Crippen molar-refractivity contribution in [2.45, 2.75) is 26.4 Å². The van der Waals surface area contributed by atoms with Crippen molar-refractivity contribution in [1.82, 2.24) is 30.4 Å². The van der Waals surface area contributed by atoms with Crippen LogP contribution < -0.4 is 5.32 Å². The average Bonchev–Trinajstić information content (AvgIpc) is 2.99. The molecular weight excluding hydrogens is 340 g/mol. The number of aromatic nitrogens is 4. The maximum Gasteiger partial charge on any atom is 0.246 e. The highest BCUT2D eigenvalue weighted by atomic mass is 35.5. The van der Waals surface area contributed by atoms with Gasteiger partial charge in [0.05, 0.1) is 6.54 Å². The molecule has 0 bridgehead atoms. The summed E-state index contributed by atoms with van der Waals surface area (Å²) in [6, 6.07) is 5.75. The number of carbonyl (C=O) groups is 1. The molecule has 1 aromatic heterocycles. The number of benzene rings is 1. The Morgan fingerprint density at radius 1 is 1.48 bits per heavy atom. The van der Waals surface area contributed by atoms with Gasteiger partial charge in [-0.15, -0.1) is 10.2 Å². The van der Waals surface area contributed by atoms with E-state index in [0.717, 1.165) is 30.8 Å². The monoisotopic (exact) mass is 360 g/mol. The minimum atomic E-state index is 0.0182. The van der Waals surface area contributed by atoms with Gasteiger partial charge < -0.3 is 10.2 Å².